The number of likely N-dealkylation sites (N-methyl/N-ethyl adjacent to an activating group) is 1. The van der Waals surface area contributed by atoms with Gasteiger partial charge in [0.05, 0.1) is 0 Å². The molecule has 1 heterocycles. The first-order valence-corrected chi connectivity index (χ1v) is 8.95. The Bertz CT molecular complexity index is 556. The second kappa shape index (κ2) is 7.84. The number of hydrogen-bond acceptors (Lipinski definition) is 4. The monoisotopic (exact) mass is 353 g/mol. The quantitative estimate of drug-likeness (QED) is 0.672. The van der Waals surface area contributed by atoms with Gasteiger partial charge in [0.1, 0.15) is 18.1 Å². The van der Waals surface area contributed by atoms with E-state index in [-0.39, 0.29) is 5.91 Å². The van der Waals surface area contributed by atoms with E-state index in [0.717, 1.165) is 30.6 Å². The maximum absolute atomic E-state index is 12.8. The zero-order valence-electron chi connectivity index (χ0n) is 14.9. The fraction of sp³-hybridized carbons (Fsp3) is 0.765. The summed E-state index contributed by atoms with van der Waals surface area (Å²) >= 11 is 0. The van der Waals surface area contributed by atoms with Crippen LogP contribution in [0.5, 0.6) is 0 Å². The molecule has 1 spiro atoms. The Morgan fingerprint density at radius 1 is 1.24 bits per heavy atom. The molecule has 2 fully saturated rings. The summed E-state index contributed by atoms with van der Waals surface area (Å²) in [7, 11) is 1.60. The molecule has 0 aromatic carbocycles. The van der Waals surface area contributed by atoms with Crippen molar-refractivity contribution in [3.63, 3.8) is 0 Å². The van der Waals surface area contributed by atoms with Gasteiger partial charge >= 0.3 is 12.0 Å². The molecule has 1 aliphatic heterocycles. The highest BCUT2D eigenvalue weighted by molar-refractivity contribution is 6.09. The fourth-order valence-corrected chi connectivity index (χ4v) is 3.72. The van der Waals surface area contributed by atoms with Crippen molar-refractivity contribution in [3.8, 4) is 0 Å². The van der Waals surface area contributed by atoms with Crippen molar-refractivity contribution in [2.45, 2.75) is 69.9 Å². The van der Waals surface area contributed by atoms with Crippen molar-refractivity contribution < 1.29 is 24.3 Å². The number of nitrogens with zero attached hydrogens (tertiary/aromatic N) is 2. The highest BCUT2D eigenvalue weighted by atomic mass is 16.4. The van der Waals surface area contributed by atoms with Gasteiger partial charge in [-0.15, -0.1) is 0 Å². The number of carbonyl (C=O) groups is 4. The van der Waals surface area contributed by atoms with Crippen molar-refractivity contribution in [1.82, 2.24) is 15.1 Å². The zero-order chi connectivity index (χ0) is 18.6. The summed E-state index contributed by atoms with van der Waals surface area (Å²) in [6, 6.07) is -1.48. The van der Waals surface area contributed by atoms with E-state index in [4.69, 9.17) is 0 Å². The average Bonchev–Trinajstić information content (AvgIpc) is 2.75. The summed E-state index contributed by atoms with van der Waals surface area (Å²) in [5.74, 6) is -2.07. The first-order valence-electron chi connectivity index (χ1n) is 8.95. The highest BCUT2D eigenvalue weighted by Crippen LogP contribution is 2.39. The van der Waals surface area contributed by atoms with Crippen LogP contribution in [0, 0.1) is 0 Å². The number of hydrogen-bond donors (Lipinski definition) is 2. The molecule has 8 nitrogen and oxygen atoms in total. The van der Waals surface area contributed by atoms with Crippen molar-refractivity contribution in [2.75, 3.05) is 13.6 Å². The normalized spacial score (nSPS) is 20.9. The summed E-state index contributed by atoms with van der Waals surface area (Å²) < 4.78 is 0. The largest absolute Gasteiger partial charge is 0.480 e. The summed E-state index contributed by atoms with van der Waals surface area (Å²) in [4.78, 5) is 51.1. The molecule has 140 valence electrons. The first-order chi connectivity index (χ1) is 11.8. The topological polar surface area (TPSA) is 107 Å². The number of urea groups is 1. The standard InChI is InChI=1S/C17H27N3O5/c1-3-4-8-12(14(22)23)18-13(21)11-20-15(24)17(19(2)16(20)25)9-6-5-7-10-17/h12H,3-11H2,1-2H3,(H,18,21)(H,22,23)/t12-/m0/s1. The van der Waals surface area contributed by atoms with Crippen LogP contribution in [-0.4, -0.2) is 63.9 Å². The van der Waals surface area contributed by atoms with Gasteiger partial charge in [0, 0.05) is 7.05 Å². The molecule has 0 unspecified atom stereocenters. The predicted octanol–water partition coefficient (Wildman–Crippen LogP) is 1.34. The minimum atomic E-state index is -1.11. The van der Waals surface area contributed by atoms with E-state index >= 15 is 0 Å². The van der Waals surface area contributed by atoms with Gasteiger partial charge in [0.15, 0.2) is 0 Å². The number of aliphatic carboxylic acids is 1. The molecule has 1 aliphatic carbocycles. The second-order valence-electron chi connectivity index (χ2n) is 6.93. The maximum atomic E-state index is 12.8. The lowest BCUT2D eigenvalue weighted by Gasteiger charge is -2.35. The van der Waals surface area contributed by atoms with Crippen LogP contribution in [0.15, 0.2) is 0 Å². The van der Waals surface area contributed by atoms with Gasteiger partial charge in [0.2, 0.25) is 5.91 Å². The second-order valence-corrected chi connectivity index (χ2v) is 6.93. The van der Waals surface area contributed by atoms with Crippen LogP contribution in [0.25, 0.3) is 0 Å². The molecule has 0 aromatic heterocycles. The highest BCUT2D eigenvalue weighted by Gasteiger charge is 2.55. The van der Waals surface area contributed by atoms with Crippen molar-refractivity contribution >= 4 is 23.8 Å². The minimum Gasteiger partial charge on any atom is -0.480 e. The third-order valence-corrected chi connectivity index (χ3v) is 5.27. The number of nitrogens with one attached hydrogen (secondary N) is 1. The van der Waals surface area contributed by atoms with Gasteiger partial charge in [0.25, 0.3) is 5.91 Å². The predicted molar refractivity (Wildman–Crippen MR) is 89.8 cm³/mol. The molecule has 4 amide bonds. The van der Waals surface area contributed by atoms with Crippen LogP contribution >= 0.6 is 0 Å². The third kappa shape index (κ3) is 3.77. The Hall–Kier alpha value is -2.12. The molecular formula is C17H27N3O5. The van der Waals surface area contributed by atoms with Crippen LogP contribution in [0.3, 0.4) is 0 Å². The van der Waals surface area contributed by atoms with Crippen LogP contribution in [0.1, 0.15) is 58.3 Å². The summed E-state index contributed by atoms with van der Waals surface area (Å²) in [5.41, 5.74) is -0.829. The molecule has 25 heavy (non-hydrogen) atoms. The molecule has 2 aliphatic rings. The molecule has 1 saturated heterocycles. The summed E-state index contributed by atoms with van der Waals surface area (Å²) in [6.45, 7) is 1.50. The van der Waals surface area contributed by atoms with E-state index in [9.17, 15) is 24.3 Å². The number of carbonyl (C=O) groups excluding carboxylic acids is 3. The van der Waals surface area contributed by atoms with Crippen LogP contribution in [0.2, 0.25) is 0 Å². The smallest absolute Gasteiger partial charge is 0.327 e. The van der Waals surface area contributed by atoms with E-state index in [1.54, 1.807) is 7.05 Å². The Labute approximate surface area is 147 Å². The number of unbranched alkanes of at least 4 members (excludes halogenated alkanes) is 1. The van der Waals surface area contributed by atoms with Gasteiger partial charge < -0.3 is 15.3 Å². The molecule has 1 atom stereocenters. The number of amides is 4. The molecule has 0 bridgehead atoms. The molecule has 0 radical (unpaired) electrons. The van der Waals surface area contributed by atoms with Crippen LogP contribution < -0.4 is 5.32 Å². The molecule has 2 rings (SSSR count). The lowest BCUT2D eigenvalue weighted by molar-refractivity contribution is -0.142. The number of imide groups is 1. The Kier molecular flexibility index (Phi) is 6.02. The first kappa shape index (κ1) is 19.2. The van der Waals surface area contributed by atoms with E-state index in [0.29, 0.717) is 25.7 Å². The lowest BCUT2D eigenvalue weighted by atomic mass is 9.81. The van der Waals surface area contributed by atoms with E-state index in [2.05, 4.69) is 5.32 Å². The number of carboxylic acids is 1. The van der Waals surface area contributed by atoms with Crippen molar-refractivity contribution in [2.24, 2.45) is 0 Å². The SMILES string of the molecule is CCCC[C@H](NC(=O)CN1C(=O)N(C)C2(CCCCC2)C1=O)C(=O)O. The minimum absolute atomic E-state index is 0.323. The van der Waals surface area contributed by atoms with E-state index in [1.165, 1.54) is 4.90 Å². The van der Waals surface area contributed by atoms with Gasteiger partial charge in [-0.3, -0.25) is 14.5 Å². The van der Waals surface area contributed by atoms with Gasteiger partial charge in [-0.05, 0) is 19.3 Å². The Balaban J connectivity index is 2.03. The zero-order valence-corrected chi connectivity index (χ0v) is 14.9. The molecular weight excluding hydrogens is 326 g/mol. The van der Waals surface area contributed by atoms with Gasteiger partial charge in [-0.25, -0.2) is 9.59 Å². The molecule has 0 aromatic rings. The van der Waals surface area contributed by atoms with E-state index < -0.39 is 36.0 Å². The third-order valence-electron chi connectivity index (χ3n) is 5.27. The van der Waals surface area contributed by atoms with Crippen LogP contribution in [-0.2, 0) is 14.4 Å². The lowest BCUT2D eigenvalue weighted by Crippen LogP contribution is -2.50. The Morgan fingerprint density at radius 3 is 2.44 bits per heavy atom. The molecule has 1 saturated carbocycles. The van der Waals surface area contributed by atoms with Gasteiger partial charge in [-0.1, -0.05) is 39.0 Å². The van der Waals surface area contributed by atoms with E-state index in [1.807, 2.05) is 6.92 Å². The average molecular weight is 353 g/mol. The summed E-state index contributed by atoms with van der Waals surface area (Å²) in [5, 5.41) is 11.6. The number of rotatable bonds is 7. The Morgan fingerprint density at radius 2 is 1.88 bits per heavy atom. The van der Waals surface area contributed by atoms with Gasteiger partial charge in [-0.2, -0.15) is 0 Å². The maximum Gasteiger partial charge on any atom is 0.327 e. The van der Waals surface area contributed by atoms with Crippen molar-refractivity contribution in [3.05, 3.63) is 0 Å². The molecule has 8 heteroatoms. The van der Waals surface area contributed by atoms with Crippen LogP contribution in [0.4, 0.5) is 4.79 Å². The number of carboxylic acid groups (broad SMARTS) is 1. The van der Waals surface area contributed by atoms with Crippen molar-refractivity contribution in [1.29, 1.82) is 0 Å². The molecule has 2 N–H and O–H groups in total. The fourth-order valence-electron chi connectivity index (χ4n) is 3.72. The summed E-state index contributed by atoms with van der Waals surface area (Å²) in [6.07, 6.45) is 5.82.